The Labute approximate surface area is 142 Å². The van der Waals surface area contributed by atoms with E-state index in [0.717, 1.165) is 11.1 Å². The summed E-state index contributed by atoms with van der Waals surface area (Å²) in [4.78, 5) is 0. The van der Waals surface area contributed by atoms with Gasteiger partial charge in [-0.25, -0.2) is 13.1 Å². The number of benzene rings is 2. The fraction of sp³-hybridized carbons (Fsp3) is 0.222. The highest BCUT2D eigenvalue weighted by Crippen LogP contribution is 2.32. The van der Waals surface area contributed by atoms with Crippen molar-refractivity contribution in [3.05, 3.63) is 65.1 Å². The fourth-order valence-electron chi connectivity index (χ4n) is 2.42. The van der Waals surface area contributed by atoms with Gasteiger partial charge in [-0.1, -0.05) is 36.4 Å². The second-order valence-corrected chi connectivity index (χ2v) is 7.10. The molecule has 0 saturated carbocycles. The van der Waals surface area contributed by atoms with Crippen LogP contribution in [0.15, 0.2) is 53.9 Å². The zero-order valence-corrected chi connectivity index (χ0v) is 14.1. The highest BCUT2D eigenvalue weighted by molar-refractivity contribution is 7.92. The van der Waals surface area contributed by atoms with Gasteiger partial charge in [0.15, 0.2) is 11.5 Å². The van der Waals surface area contributed by atoms with E-state index in [1.807, 2.05) is 42.5 Å². The Balaban J connectivity index is 1.71. The Morgan fingerprint density at radius 2 is 1.75 bits per heavy atom. The monoisotopic (exact) mass is 345 g/mol. The van der Waals surface area contributed by atoms with Crippen LogP contribution in [-0.4, -0.2) is 21.6 Å². The first kappa shape index (κ1) is 16.5. The number of fused-ring (bicyclic) bond motifs is 1. The van der Waals surface area contributed by atoms with Gasteiger partial charge in [0.2, 0.25) is 10.0 Å². The van der Waals surface area contributed by atoms with Gasteiger partial charge in [-0.2, -0.15) is 0 Å². The molecule has 0 fully saturated rings. The zero-order valence-electron chi connectivity index (χ0n) is 13.3. The van der Waals surface area contributed by atoms with E-state index < -0.39 is 10.0 Å². The quantitative estimate of drug-likeness (QED) is 0.904. The molecule has 0 bridgehead atoms. The molecule has 24 heavy (non-hydrogen) atoms. The molecule has 1 aliphatic rings. The van der Waals surface area contributed by atoms with Gasteiger partial charge in [0.1, 0.15) is 13.2 Å². The molecule has 0 aliphatic carbocycles. The molecule has 2 aromatic rings. The van der Waals surface area contributed by atoms with Crippen molar-refractivity contribution in [3.63, 3.8) is 0 Å². The predicted molar refractivity (Wildman–Crippen MR) is 93.4 cm³/mol. The van der Waals surface area contributed by atoms with Crippen molar-refractivity contribution in [3.8, 4) is 11.5 Å². The van der Waals surface area contributed by atoms with Gasteiger partial charge < -0.3 is 9.47 Å². The summed E-state index contributed by atoms with van der Waals surface area (Å²) in [5.74, 6) is 1.33. The number of rotatable bonds is 5. The Kier molecular flexibility index (Phi) is 4.87. The SMILES string of the molecule is C[C@H](NS(=O)(=O)/C=C/c1ccccc1)c1ccc2c(c1)OCCO2. The van der Waals surface area contributed by atoms with Crippen LogP contribution in [0.3, 0.4) is 0 Å². The van der Waals surface area contributed by atoms with Gasteiger partial charge in [0.05, 0.1) is 0 Å². The van der Waals surface area contributed by atoms with E-state index in [4.69, 9.17) is 9.47 Å². The topological polar surface area (TPSA) is 64.6 Å². The average Bonchev–Trinajstić information content (AvgIpc) is 2.60. The van der Waals surface area contributed by atoms with Crippen LogP contribution in [0, 0.1) is 0 Å². The predicted octanol–water partition coefficient (Wildman–Crippen LogP) is 3.11. The van der Waals surface area contributed by atoms with E-state index in [1.54, 1.807) is 19.1 Å². The lowest BCUT2D eigenvalue weighted by molar-refractivity contribution is 0.171. The van der Waals surface area contributed by atoms with Crippen molar-refractivity contribution in [1.82, 2.24) is 4.72 Å². The first-order valence-electron chi connectivity index (χ1n) is 7.68. The third-order valence-electron chi connectivity index (χ3n) is 3.65. The van der Waals surface area contributed by atoms with Crippen LogP contribution in [0.4, 0.5) is 0 Å². The minimum absolute atomic E-state index is 0.383. The van der Waals surface area contributed by atoms with E-state index in [1.165, 1.54) is 5.41 Å². The molecule has 0 spiro atoms. The Bertz CT molecular complexity index is 831. The maximum absolute atomic E-state index is 12.2. The first-order valence-corrected chi connectivity index (χ1v) is 9.23. The fourth-order valence-corrected chi connectivity index (χ4v) is 3.46. The van der Waals surface area contributed by atoms with Gasteiger partial charge in [0.25, 0.3) is 0 Å². The van der Waals surface area contributed by atoms with Crippen LogP contribution in [0.25, 0.3) is 6.08 Å². The average molecular weight is 345 g/mol. The molecule has 2 aromatic carbocycles. The highest BCUT2D eigenvalue weighted by Gasteiger charge is 2.17. The maximum Gasteiger partial charge on any atom is 0.234 e. The number of hydrogen-bond donors (Lipinski definition) is 1. The van der Waals surface area contributed by atoms with Crippen LogP contribution in [0.2, 0.25) is 0 Å². The Hall–Kier alpha value is -2.31. The first-order chi connectivity index (χ1) is 11.5. The molecule has 1 aliphatic heterocycles. The molecule has 5 nitrogen and oxygen atoms in total. The summed E-state index contributed by atoms with van der Waals surface area (Å²) >= 11 is 0. The molecule has 0 amide bonds. The van der Waals surface area contributed by atoms with Crippen molar-refractivity contribution in [2.45, 2.75) is 13.0 Å². The molecule has 0 saturated heterocycles. The Morgan fingerprint density at radius 1 is 1.04 bits per heavy atom. The molecular weight excluding hydrogens is 326 g/mol. The van der Waals surface area contributed by atoms with Crippen LogP contribution in [0.1, 0.15) is 24.1 Å². The standard InChI is InChI=1S/C18H19NO4S/c1-14(16-7-8-17-18(13-16)23-11-10-22-17)19-24(20,21)12-9-15-5-3-2-4-6-15/h2-9,12-14,19H,10-11H2,1H3/b12-9+/t14-/m0/s1. The normalized spacial score (nSPS) is 15.4. The van der Waals surface area contributed by atoms with Crippen molar-refractivity contribution in [2.75, 3.05) is 13.2 Å². The molecule has 1 atom stereocenters. The number of hydrogen-bond acceptors (Lipinski definition) is 4. The van der Waals surface area contributed by atoms with E-state index in [0.29, 0.717) is 24.7 Å². The molecule has 0 aromatic heterocycles. The molecule has 0 radical (unpaired) electrons. The second kappa shape index (κ2) is 7.07. The van der Waals surface area contributed by atoms with E-state index in [-0.39, 0.29) is 6.04 Å². The summed E-state index contributed by atoms with van der Waals surface area (Å²) in [6.07, 6.45) is 1.57. The minimum Gasteiger partial charge on any atom is -0.486 e. The maximum atomic E-state index is 12.2. The minimum atomic E-state index is -3.55. The van der Waals surface area contributed by atoms with Crippen LogP contribution < -0.4 is 14.2 Å². The van der Waals surface area contributed by atoms with E-state index in [9.17, 15) is 8.42 Å². The second-order valence-electron chi connectivity index (χ2n) is 5.50. The number of ether oxygens (including phenoxy) is 2. The van der Waals surface area contributed by atoms with Gasteiger partial charge in [0, 0.05) is 11.4 Å². The van der Waals surface area contributed by atoms with Gasteiger partial charge in [-0.15, -0.1) is 0 Å². The molecular formula is C18H19NO4S. The summed E-state index contributed by atoms with van der Waals surface area (Å²) in [7, 11) is -3.55. The van der Waals surface area contributed by atoms with Crippen molar-refractivity contribution in [1.29, 1.82) is 0 Å². The zero-order chi connectivity index (χ0) is 17.0. The lowest BCUT2D eigenvalue weighted by Crippen LogP contribution is -2.25. The van der Waals surface area contributed by atoms with E-state index in [2.05, 4.69) is 4.72 Å². The van der Waals surface area contributed by atoms with Crippen LogP contribution in [0.5, 0.6) is 11.5 Å². The summed E-state index contributed by atoms with van der Waals surface area (Å²) in [6, 6.07) is 14.3. The number of sulfonamides is 1. The molecule has 1 heterocycles. The molecule has 0 unspecified atom stereocenters. The summed E-state index contributed by atoms with van der Waals surface area (Å²) in [5, 5.41) is 1.18. The summed E-state index contributed by atoms with van der Waals surface area (Å²) in [5.41, 5.74) is 1.64. The number of nitrogens with one attached hydrogen (secondary N) is 1. The molecule has 1 N–H and O–H groups in total. The van der Waals surface area contributed by atoms with Crippen molar-refractivity contribution >= 4 is 16.1 Å². The largest absolute Gasteiger partial charge is 0.486 e. The smallest absolute Gasteiger partial charge is 0.234 e. The third kappa shape index (κ3) is 4.15. The third-order valence-corrected chi connectivity index (χ3v) is 4.82. The van der Waals surface area contributed by atoms with Gasteiger partial charge in [-0.05, 0) is 36.3 Å². The molecule has 6 heteroatoms. The van der Waals surface area contributed by atoms with Crippen molar-refractivity contribution < 1.29 is 17.9 Å². The lowest BCUT2D eigenvalue weighted by Gasteiger charge is -2.20. The van der Waals surface area contributed by atoms with E-state index >= 15 is 0 Å². The van der Waals surface area contributed by atoms with Gasteiger partial charge >= 0.3 is 0 Å². The molecule has 126 valence electrons. The van der Waals surface area contributed by atoms with Crippen LogP contribution in [-0.2, 0) is 10.0 Å². The van der Waals surface area contributed by atoms with Crippen molar-refractivity contribution in [2.24, 2.45) is 0 Å². The van der Waals surface area contributed by atoms with Gasteiger partial charge in [-0.3, -0.25) is 0 Å². The van der Waals surface area contributed by atoms with Crippen LogP contribution >= 0.6 is 0 Å². The summed E-state index contributed by atoms with van der Waals surface area (Å²) in [6.45, 7) is 2.81. The Morgan fingerprint density at radius 3 is 2.50 bits per heavy atom. The highest BCUT2D eigenvalue weighted by atomic mass is 32.2. The summed E-state index contributed by atoms with van der Waals surface area (Å²) < 4.78 is 38.1. The molecule has 3 rings (SSSR count). The lowest BCUT2D eigenvalue weighted by atomic mass is 10.1.